The highest BCUT2D eigenvalue weighted by molar-refractivity contribution is 7.12. The van der Waals surface area contributed by atoms with Gasteiger partial charge in [0, 0.05) is 0 Å². The molecule has 1 saturated carbocycles. The molecule has 1 heterocycles. The molecule has 2 rings (SSSR count). The maximum absolute atomic E-state index is 11.9. The molecule has 0 saturated heterocycles. The van der Waals surface area contributed by atoms with E-state index in [0.717, 1.165) is 23.3 Å². The molecule has 0 amide bonds. The molecule has 0 N–H and O–H groups in total. The molecule has 0 spiro atoms. The van der Waals surface area contributed by atoms with Crippen molar-refractivity contribution in [3.05, 3.63) is 33.5 Å². The third kappa shape index (κ3) is 2.57. The van der Waals surface area contributed by atoms with Crippen molar-refractivity contribution in [1.82, 2.24) is 0 Å². The van der Waals surface area contributed by atoms with E-state index in [9.17, 15) is 4.79 Å². The predicted molar refractivity (Wildman–Crippen MR) is 64.6 cm³/mol. The van der Waals surface area contributed by atoms with Gasteiger partial charge in [-0.3, -0.25) is 4.79 Å². The predicted octanol–water partition coefficient (Wildman–Crippen LogP) is 4.13. The molecule has 80 valence electrons. The quantitative estimate of drug-likeness (QED) is 0.541. The zero-order valence-electron chi connectivity index (χ0n) is 9.08. The summed E-state index contributed by atoms with van der Waals surface area (Å²) in [6.45, 7) is 2.00. The number of carbonyl (C=O) groups excluding carboxylic acids is 1. The summed E-state index contributed by atoms with van der Waals surface area (Å²) >= 11 is 1.55. The molecule has 0 atom stereocenters. The molecule has 1 fully saturated rings. The number of ketones is 1. The van der Waals surface area contributed by atoms with Gasteiger partial charge in [-0.05, 0) is 55.7 Å². The summed E-state index contributed by atoms with van der Waals surface area (Å²) in [7, 11) is 0. The summed E-state index contributed by atoms with van der Waals surface area (Å²) in [5, 5.41) is 1.99. The van der Waals surface area contributed by atoms with E-state index in [0.29, 0.717) is 0 Å². The Bertz CT molecular complexity index is 379. The molecule has 1 aromatic rings. The molecule has 0 bridgehead atoms. The minimum Gasteiger partial charge on any atom is -0.288 e. The summed E-state index contributed by atoms with van der Waals surface area (Å²) in [4.78, 5) is 12.8. The van der Waals surface area contributed by atoms with E-state index < -0.39 is 0 Å². The zero-order chi connectivity index (χ0) is 10.7. The first-order valence-electron chi connectivity index (χ1n) is 5.55. The topological polar surface area (TPSA) is 17.1 Å². The molecule has 15 heavy (non-hydrogen) atoms. The summed E-state index contributed by atoms with van der Waals surface area (Å²) in [5.41, 5.74) is 2.46. The van der Waals surface area contributed by atoms with Crippen LogP contribution < -0.4 is 0 Å². The average molecular weight is 220 g/mol. The molecular weight excluding hydrogens is 204 g/mol. The third-order valence-corrected chi connectivity index (χ3v) is 3.95. The number of hydrogen-bond donors (Lipinski definition) is 0. The van der Waals surface area contributed by atoms with Crippen molar-refractivity contribution in [2.75, 3.05) is 0 Å². The fourth-order valence-electron chi connectivity index (χ4n) is 2.03. The van der Waals surface area contributed by atoms with Gasteiger partial charge >= 0.3 is 0 Å². The fourth-order valence-corrected chi connectivity index (χ4v) is 2.86. The molecule has 1 aliphatic rings. The lowest BCUT2D eigenvalue weighted by atomic mass is 9.94. The van der Waals surface area contributed by atoms with E-state index >= 15 is 0 Å². The van der Waals surface area contributed by atoms with Crippen LogP contribution in [0.25, 0.3) is 0 Å². The van der Waals surface area contributed by atoms with Crippen LogP contribution in [0, 0.1) is 6.92 Å². The Kier molecular flexibility index (Phi) is 3.37. The van der Waals surface area contributed by atoms with Crippen molar-refractivity contribution in [3.63, 3.8) is 0 Å². The number of aryl methyl sites for hydroxylation is 1. The van der Waals surface area contributed by atoms with Crippen molar-refractivity contribution in [3.8, 4) is 0 Å². The standard InChI is InChI=1S/C13H16OS/c1-10-7-8-15-13(10)12(14)9-11-5-3-2-4-6-11/h7-9H,2-6H2,1H3. The van der Waals surface area contributed by atoms with Crippen molar-refractivity contribution < 1.29 is 4.79 Å². The number of hydrogen-bond acceptors (Lipinski definition) is 2. The van der Waals surface area contributed by atoms with Gasteiger partial charge in [0.1, 0.15) is 0 Å². The summed E-state index contributed by atoms with van der Waals surface area (Å²) in [6, 6.07) is 2.01. The lowest BCUT2D eigenvalue weighted by Gasteiger charge is -2.12. The van der Waals surface area contributed by atoms with E-state index in [1.807, 2.05) is 24.4 Å². The second-order valence-electron chi connectivity index (χ2n) is 4.16. The minimum absolute atomic E-state index is 0.208. The van der Waals surface area contributed by atoms with Gasteiger partial charge < -0.3 is 0 Å². The molecule has 2 heteroatoms. The number of carbonyl (C=O) groups is 1. The molecule has 0 radical (unpaired) electrons. The Morgan fingerprint density at radius 1 is 1.33 bits per heavy atom. The van der Waals surface area contributed by atoms with E-state index in [-0.39, 0.29) is 5.78 Å². The first kappa shape index (κ1) is 10.6. The SMILES string of the molecule is Cc1ccsc1C(=O)C=C1CCCCC1. The maximum Gasteiger partial charge on any atom is 0.195 e. The molecular formula is C13H16OS. The van der Waals surface area contributed by atoms with Crippen LogP contribution in [0.15, 0.2) is 23.1 Å². The van der Waals surface area contributed by atoms with Gasteiger partial charge in [0.05, 0.1) is 4.88 Å². The number of rotatable bonds is 2. The summed E-state index contributed by atoms with van der Waals surface area (Å²) in [6.07, 6.45) is 7.94. The Morgan fingerprint density at radius 2 is 2.07 bits per heavy atom. The minimum atomic E-state index is 0.208. The normalized spacial score (nSPS) is 16.5. The molecule has 0 unspecified atom stereocenters. The van der Waals surface area contributed by atoms with Crippen LogP contribution in [-0.4, -0.2) is 5.78 Å². The van der Waals surface area contributed by atoms with E-state index in [1.165, 1.54) is 24.8 Å². The Balaban J connectivity index is 2.12. The van der Waals surface area contributed by atoms with Crippen LogP contribution in [-0.2, 0) is 0 Å². The second kappa shape index (κ2) is 4.75. The average Bonchev–Trinajstić information content (AvgIpc) is 2.66. The van der Waals surface area contributed by atoms with E-state index in [1.54, 1.807) is 11.3 Å². The third-order valence-electron chi connectivity index (χ3n) is 2.92. The van der Waals surface area contributed by atoms with Crippen LogP contribution >= 0.6 is 11.3 Å². The highest BCUT2D eigenvalue weighted by Crippen LogP contribution is 2.24. The van der Waals surface area contributed by atoms with E-state index in [2.05, 4.69) is 0 Å². The molecule has 0 aromatic carbocycles. The first-order chi connectivity index (χ1) is 7.27. The van der Waals surface area contributed by atoms with Gasteiger partial charge in [-0.2, -0.15) is 0 Å². The lowest BCUT2D eigenvalue weighted by molar-refractivity contribution is 0.104. The van der Waals surface area contributed by atoms with Gasteiger partial charge in [0.25, 0.3) is 0 Å². The van der Waals surface area contributed by atoms with Gasteiger partial charge in [-0.1, -0.05) is 12.0 Å². The van der Waals surface area contributed by atoms with Crippen molar-refractivity contribution in [2.24, 2.45) is 0 Å². The fraction of sp³-hybridized carbons (Fsp3) is 0.462. The highest BCUT2D eigenvalue weighted by Gasteiger charge is 2.11. The van der Waals surface area contributed by atoms with Gasteiger partial charge in [-0.15, -0.1) is 11.3 Å². The van der Waals surface area contributed by atoms with Crippen LogP contribution in [0.3, 0.4) is 0 Å². The summed E-state index contributed by atoms with van der Waals surface area (Å²) < 4.78 is 0. The molecule has 0 aliphatic heterocycles. The number of allylic oxidation sites excluding steroid dienone is 2. The Morgan fingerprint density at radius 3 is 2.67 bits per heavy atom. The highest BCUT2D eigenvalue weighted by atomic mass is 32.1. The molecule has 1 aliphatic carbocycles. The first-order valence-corrected chi connectivity index (χ1v) is 6.43. The van der Waals surface area contributed by atoms with Crippen LogP contribution in [0.2, 0.25) is 0 Å². The van der Waals surface area contributed by atoms with Gasteiger partial charge in [0.2, 0.25) is 0 Å². The van der Waals surface area contributed by atoms with Crippen LogP contribution in [0.5, 0.6) is 0 Å². The van der Waals surface area contributed by atoms with Crippen LogP contribution in [0.4, 0.5) is 0 Å². The van der Waals surface area contributed by atoms with Gasteiger partial charge in [-0.25, -0.2) is 0 Å². The zero-order valence-corrected chi connectivity index (χ0v) is 9.90. The molecule has 1 aromatic heterocycles. The second-order valence-corrected chi connectivity index (χ2v) is 5.08. The van der Waals surface area contributed by atoms with Crippen molar-refractivity contribution >= 4 is 17.1 Å². The lowest BCUT2D eigenvalue weighted by Crippen LogP contribution is -1.99. The summed E-state index contributed by atoms with van der Waals surface area (Å²) in [5.74, 6) is 0.208. The van der Waals surface area contributed by atoms with Gasteiger partial charge in [0.15, 0.2) is 5.78 Å². The molecule has 1 nitrogen and oxygen atoms in total. The smallest absolute Gasteiger partial charge is 0.195 e. The largest absolute Gasteiger partial charge is 0.288 e. The maximum atomic E-state index is 11.9. The number of thiophene rings is 1. The Labute approximate surface area is 94.8 Å². The monoisotopic (exact) mass is 220 g/mol. The van der Waals surface area contributed by atoms with Crippen LogP contribution in [0.1, 0.15) is 47.3 Å². The van der Waals surface area contributed by atoms with E-state index in [4.69, 9.17) is 0 Å². The van der Waals surface area contributed by atoms with Crippen molar-refractivity contribution in [2.45, 2.75) is 39.0 Å². The van der Waals surface area contributed by atoms with Crippen molar-refractivity contribution in [1.29, 1.82) is 0 Å². The Hall–Kier alpha value is -0.890.